The second-order valence-electron chi connectivity index (χ2n) is 10.8. The highest BCUT2D eigenvalue weighted by molar-refractivity contribution is 7.13. The minimum absolute atomic E-state index is 0. The van der Waals surface area contributed by atoms with Gasteiger partial charge in [0.25, 0.3) is 6.43 Å². The number of nitrogens with zero attached hydrogens (tertiary/aromatic N) is 5. The van der Waals surface area contributed by atoms with Crippen molar-refractivity contribution in [3.05, 3.63) is 58.4 Å². The summed E-state index contributed by atoms with van der Waals surface area (Å²) in [6.45, 7) is 0.893. The minimum atomic E-state index is -2.36. The van der Waals surface area contributed by atoms with Gasteiger partial charge in [0.2, 0.25) is 5.28 Å². The number of likely N-dealkylation sites (tertiary alicyclic amines) is 1. The maximum absolute atomic E-state index is 12.8. The first-order valence-corrected chi connectivity index (χ1v) is 14.7. The van der Waals surface area contributed by atoms with Gasteiger partial charge in [0.05, 0.1) is 29.8 Å². The Morgan fingerprint density at radius 3 is 2.45 bits per heavy atom. The first kappa shape index (κ1) is 32.8. The van der Waals surface area contributed by atoms with Crippen molar-refractivity contribution in [1.82, 2.24) is 24.4 Å². The number of thiazole rings is 1. The summed E-state index contributed by atoms with van der Waals surface area (Å²) in [5.74, 6) is 0.189. The molecule has 0 unspecified atom stereocenters. The van der Waals surface area contributed by atoms with Crippen LogP contribution in [0.2, 0.25) is 5.28 Å². The van der Waals surface area contributed by atoms with Gasteiger partial charge >= 0.3 is 0 Å². The molecule has 4 N–H and O–H groups in total. The van der Waals surface area contributed by atoms with Crippen molar-refractivity contribution >= 4 is 64.6 Å². The molecule has 4 atom stereocenters. The number of aromatic nitrogens is 4. The van der Waals surface area contributed by atoms with Crippen LogP contribution in [0, 0.1) is 11.8 Å². The lowest BCUT2D eigenvalue weighted by molar-refractivity contribution is -0.0151. The van der Waals surface area contributed by atoms with Gasteiger partial charge in [-0.05, 0) is 61.4 Å². The van der Waals surface area contributed by atoms with Crippen LogP contribution in [0.1, 0.15) is 36.6 Å². The molecule has 1 saturated carbocycles. The molecule has 0 bridgehead atoms. The Balaban J connectivity index is 0.00000202. The van der Waals surface area contributed by atoms with E-state index in [1.54, 1.807) is 4.90 Å². The highest BCUT2D eigenvalue weighted by Crippen LogP contribution is 2.46. The first-order chi connectivity index (χ1) is 19.3. The monoisotopic (exact) mass is 660 g/mol. The largest absolute Gasteiger partial charge is 0.390 e. The molecule has 4 aromatic rings. The van der Waals surface area contributed by atoms with Crippen LogP contribution in [0.15, 0.2) is 41.9 Å². The van der Waals surface area contributed by atoms with Gasteiger partial charge in [-0.15, -0.1) is 36.2 Å². The summed E-state index contributed by atoms with van der Waals surface area (Å²) in [4.78, 5) is 15.3. The maximum Gasteiger partial charge on any atom is 0.251 e. The fraction of sp³-hybridized carbons (Fsp3) is 0.464. The lowest BCUT2D eigenvalue weighted by Crippen LogP contribution is -2.41. The van der Waals surface area contributed by atoms with E-state index in [1.807, 2.05) is 34.3 Å². The van der Waals surface area contributed by atoms with E-state index in [-0.39, 0.29) is 54.3 Å². The molecule has 4 heterocycles. The molecule has 2 aliphatic rings. The fourth-order valence-corrected chi connectivity index (χ4v) is 7.43. The Labute approximate surface area is 263 Å². The van der Waals surface area contributed by atoms with Gasteiger partial charge in [0, 0.05) is 23.6 Å². The Hall–Kier alpha value is -2.12. The zero-order chi connectivity index (χ0) is 28.0. The van der Waals surface area contributed by atoms with Crippen LogP contribution in [-0.4, -0.2) is 72.9 Å². The van der Waals surface area contributed by atoms with Gasteiger partial charge in [-0.3, -0.25) is 4.90 Å². The van der Waals surface area contributed by atoms with Crippen LogP contribution < -0.4 is 5.73 Å². The molecule has 228 valence electrons. The molecule has 0 amide bonds. The summed E-state index contributed by atoms with van der Waals surface area (Å²) in [6, 6.07) is 9.63. The number of alkyl halides is 2. The molecule has 6 rings (SSSR count). The van der Waals surface area contributed by atoms with Crippen LogP contribution in [0.3, 0.4) is 0 Å². The van der Waals surface area contributed by atoms with Crippen molar-refractivity contribution in [2.24, 2.45) is 11.8 Å². The Morgan fingerprint density at radius 2 is 1.76 bits per heavy atom. The van der Waals surface area contributed by atoms with E-state index in [0.29, 0.717) is 49.8 Å². The second-order valence-corrected chi connectivity index (χ2v) is 12.0. The molecule has 8 nitrogen and oxygen atoms in total. The zero-order valence-electron chi connectivity index (χ0n) is 22.5. The number of halogens is 5. The van der Waals surface area contributed by atoms with Crippen LogP contribution in [0.25, 0.3) is 21.6 Å². The van der Waals surface area contributed by atoms with Crippen molar-refractivity contribution in [3.8, 4) is 10.6 Å². The van der Waals surface area contributed by atoms with Gasteiger partial charge in [0.15, 0.2) is 0 Å². The smallest absolute Gasteiger partial charge is 0.251 e. The van der Waals surface area contributed by atoms with E-state index in [1.165, 1.54) is 11.3 Å². The molecular weight excluding hydrogens is 629 g/mol. The summed E-state index contributed by atoms with van der Waals surface area (Å²) in [6.07, 6.45) is 0.168. The number of nitrogens with two attached hydrogens (primary N) is 1. The summed E-state index contributed by atoms with van der Waals surface area (Å²) < 4.78 is 27.5. The number of fused-ring (bicyclic) bond motifs is 1. The van der Waals surface area contributed by atoms with E-state index < -0.39 is 24.7 Å². The standard InChI is InChI=1S/C28H31ClF2N6O2S.2ClH/c29-28-34-25(32)22-19(27-33-17(14-40-27)10-15-4-2-1-3-5-15)12-37(26(22)35-28)20-11-18(23(38)24(20)39)16-6-8-36(9-7-16)13-21(30)31;;/h1-5,12,14,16,18,20-21,23-24,38-39H,6-11,13H2,(H2,32,34,35);2*1H/t18-,20-,23-,24+;;/m1../s1. The van der Waals surface area contributed by atoms with Crippen LogP contribution in [0.5, 0.6) is 0 Å². The maximum atomic E-state index is 12.8. The third-order valence-corrected chi connectivity index (χ3v) is 9.46. The lowest BCUT2D eigenvalue weighted by atomic mass is 9.82. The first-order valence-electron chi connectivity index (χ1n) is 13.5. The predicted octanol–water partition coefficient (Wildman–Crippen LogP) is 5.48. The molecule has 1 aromatic carbocycles. The number of rotatable bonds is 7. The van der Waals surface area contributed by atoms with Gasteiger partial charge < -0.3 is 20.5 Å². The summed E-state index contributed by atoms with van der Waals surface area (Å²) >= 11 is 7.71. The number of aliphatic hydroxyl groups excluding tert-OH is 2. The Kier molecular flexibility index (Phi) is 10.7. The molecule has 1 aliphatic carbocycles. The van der Waals surface area contributed by atoms with Crippen molar-refractivity contribution in [3.63, 3.8) is 0 Å². The number of anilines is 1. The lowest BCUT2D eigenvalue weighted by Gasteiger charge is -2.35. The number of aliphatic hydroxyl groups is 2. The topological polar surface area (TPSA) is 113 Å². The quantitative estimate of drug-likeness (QED) is 0.225. The number of piperidine rings is 1. The van der Waals surface area contributed by atoms with E-state index in [9.17, 15) is 19.0 Å². The summed E-state index contributed by atoms with van der Waals surface area (Å²) in [5, 5.41) is 25.7. The molecule has 2 fully saturated rings. The van der Waals surface area contributed by atoms with E-state index in [4.69, 9.17) is 22.3 Å². The zero-order valence-corrected chi connectivity index (χ0v) is 25.7. The average molecular weight is 662 g/mol. The molecule has 42 heavy (non-hydrogen) atoms. The highest BCUT2D eigenvalue weighted by Gasteiger charge is 2.46. The van der Waals surface area contributed by atoms with Crippen molar-refractivity contribution in [1.29, 1.82) is 0 Å². The molecule has 1 saturated heterocycles. The third kappa shape index (κ3) is 6.52. The summed E-state index contributed by atoms with van der Waals surface area (Å²) in [5.41, 5.74) is 9.66. The predicted molar refractivity (Wildman–Crippen MR) is 166 cm³/mol. The minimum Gasteiger partial charge on any atom is -0.390 e. The fourth-order valence-electron chi connectivity index (χ4n) is 6.43. The van der Waals surface area contributed by atoms with Gasteiger partial charge in [0.1, 0.15) is 22.6 Å². The number of hydrogen-bond acceptors (Lipinski definition) is 8. The average Bonchev–Trinajstić information content (AvgIpc) is 3.61. The molecule has 0 spiro atoms. The Bertz CT molecular complexity index is 1490. The number of nitrogen functional groups attached to an aromatic ring is 1. The summed E-state index contributed by atoms with van der Waals surface area (Å²) in [7, 11) is 0. The SMILES string of the molecule is Cl.Cl.Nc1nc(Cl)nc2c1c(-c1nc(Cc3ccccc3)cs1)cn2[C@@H]1C[C@H](C2CCN(CC(F)F)CC2)[C@@H](O)[C@H]1O. The van der Waals surface area contributed by atoms with Gasteiger partial charge in [-0.2, -0.15) is 4.98 Å². The van der Waals surface area contributed by atoms with Gasteiger partial charge in [-0.1, -0.05) is 30.3 Å². The highest BCUT2D eigenvalue weighted by atomic mass is 35.5. The second kappa shape index (κ2) is 13.7. The Morgan fingerprint density at radius 1 is 1.05 bits per heavy atom. The number of hydrogen-bond donors (Lipinski definition) is 3. The van der Waals surface area contributed by atoms with E-state index in [0.717, 1.165) is 21.8 Å². The van der Waals surface area contributed by atoms with Gasteiger partial charge in [-0.25, -0.2) is 18.7 Å². The molecule has 3 aromatic heterocycles. The van der Waals surface area contributed by atoms with Crippen molar-refractivity contribution in [2.75, 3.05) is 25.4 Å². The van der Waals surface area contributed by atoms with Crippen molar-refractivity contribution < 1.29 is 19.0 Å². The van der Waals surface area contributed by atoms with Crippen LogP contribution in [0.4, 0.5) is 14.6 Å². The van der Waals surface area contributed by atoms with Crippen LogP contribution >= 0.6 is 47.8 Å². The number of benzene rings is 1. The third-order valence-electron chi connectivity index (χ3n) is 8.37. The molecular formula is C28H33Cl3F2N6O2S. The normalized spacial score (nSPS) is 23.3. The molecule has 14 heteroatoms. The molecule has 0 radical (unpaired) electrons. The molecule has 1 aliphatic heterocycles. The van der Waals surface area contributed by atoms with E-state index in [2.05, 4.69) is 22.1 Å². The van der Waals surface area contributed by atoms with Crippen molar-refractivity contribution in [2.45, 2.75) is 50.4 Å². The van der Waals surface area contributed by atoms with E-state index >= 15 is 0 Å². The van der Waals surface area contributed by atoms with Crippen LogP contribution in [-0.2, 0) is 6.42 Å².